The van der Waals surface area contributed by atoms with Crippen LogP contribution in [0.2, 0.25) is 0 Å². The molecule has 7 rings (SSSR count). The van der Waals surface area contributed by atoms with Crippen LogP contribution in [0.1, 0.15) is 64.8 Å². The first-order valence-corrected chi connectivity index (χ1v) is 13.4. The number of methoxy groups -OCH3 is 1. The average molecular weight is 495 g/mol. The number of amides is 1. The van der Waals surface area contributed by atoms with Crippen molar-refractivity contribution in [2.45, 2.75) is 43.9 Å². The Morgan fingerprint density at radius 1 is 0.838 bits per heavy atom. The molecular weight excluding hydrogens is 460 g/mol. The van der Waals surface area contributed by atoms with Crippen LogP contribution >= 0.6 is 0 Å². The number of hydrogen-bond acceptors (Lipinski definition) is 4. The summed E-state index contributed by atoms with van der Waals surface area (Å²) in [5.41, 5.74) is 5.34. The van der Waals surface area contributed by atoms with Gasteiger partial charge in [0.05, 0.1) is 18.4 Å². The van der Waals surface area contributed by atoms with Gasteiger partial charge < -0.3 is 15.0 Å². The van der Waals surface area contributed by atoms with Crippen LogP contribution < -0.4 is 10.2 Å². The Kier molecular flexibility index (Phi) is 6.02. The van der Waals surface area contributed by atoms with Crippen molar-refractivity contribution in [3.8, 4) is 0 Å². The Bertz CT molecular complexity index is 1280. The van der Waals surface area contributed by atoms with Crippen LogP contribution in [0.15, 0.2) is 72.8 Å². The van der Waals surface area contributed by atoms with Gasteiger partial charge in [0.1, 0.15) is 0 Å². The molecular formula is C32H34N2O3. The van der Waals surface area contributed by atoms with Crippen LogP contribution in [0, 0.1) is 17.8 Å². The maximum atomic E-state index is 13.0. The summed E-state index contributed by atoms with van der Waals surface area (Å²) in [6, 6.07) is 23.3. The van der Waals surface area contributed by atoms with Gasteiger partial charge in [-0.3, -0.25) is 4.79 Å². The summed E-state index contributed by atoms with van der Waals surface area (Å²) in [4.78, 5) is 27.0. The molecule has 0 radical (unpaired) electrons. The van der Waals surface area contributed by atoms with Crippen LogP contribution in [-0.4, -0.2) is 26.0 Å². The maximum absolute atomic E-state index is 13.0. The lowest BCUT2D eigenvalue weighted by Crippen LogP contribution is -2.48. The first-order valence-electron chi connectivity index (χ1n) is 13.4. The number of anilines is 3. The Balaban J connectivity index is 1.13. The first-order chi connectivity index (χ1) is 17.9. The van der Waals surface area contributed by atoms with Crippen LogP contribution in [0.25, 0.3) is 0 Å². The minimum atomic E-state index is -0.382. The summed E-state index contributed by atoms with van der Waals surface area (Å²) in [6.07, 6.45) is 8.36. The molecule has 5 nitrogen and oxygen atoms in total. The standard InChI is InChI=1S/C32H34N2O3/c1-34(29-6-4-3-5-28(29)31(36)37-2)27-13-7-24(8-14-27)30(35)33-26-11-9-25(10-12-26)32-18-21-15-22(19-32)17-23(16-21)20-32/h3-14,21-23H,15-20H2,1-2H3,(H,33,35). The normalized spacial score (nSPS) is 25.5. The molecule has 4 bridgehead atoms. The quantitative estimate of drug-likeness (QED) is 0.376. The molecule has 5 heteroatoms. The smallest absolute Gasteiger partial charge is 0.339 e. The van der Waals surface area contributed by atoms with Crippen molar-refractivity contribution < 1.29 is 14.3 Å². The Morgan fingerprint density at radius 2 is 1.43 bits per heavy atom. The molecule has 0 atom stereocenters. The van der Waals surface area contributed by atoms with Crippen molar-refractivity contribution in [2.24, 2.45) is 17.8 Å². The predicted molar refractivity (Wildman–Crippen MR) is 147 cm³/mol. The van der Waals surface area contributed by atoms with Crippen molar-refractivity contribution in [1.29, 1.82) is 0 Å². The lowest BCUT2D eigenvalue weighted by molar-refractivity contribution is -0.00518. The molecule has 1 amide bonds. The van der Waals surface area contributed by atoms with E-state index in [0.29, 0.717) is 16.5 Å². The molecule has 4 saturated carbocycles. The zero-order valence-electron chi connectivity index (χ0n) is 21.6. The second-order valence-corrected chi connectivity index (χ2v) is 11.3. The van der Waals surface area contributed by atoms with Gasteiger partial charge in [0.25, 0.3) is 5.91 Å². The average Bonchev–Trinajstić information content (AvgIpc) is 2.92. The zero-order valence-corrected chi connectivity index (χ0v) is 21.6. The first kappa shape index (κ1) is 23.8. The molecule has 3 aromatic carbocycles. The maximum Gasteiger partial charge on any atom is 0.339 e. The van der Waals surface area contributed by atoms with Gasteiger partial charge in [0, 0.05) is 24.0 Å². The highest BCUT2D eigenvalue weighted by Gasteiger charge is 2.51. The molecule has 190 valence electrons. The molecule has 1 N–H and O–H groups in total. The number of rotatable bonds is 6. The van der Waals surface area contributed by atoms with Crippen LogP contribution in [0.4, 0.5) is 17.1 Å². The Labute approximate surface area is 218 Å². The van der Waals surface area contributed by atoms with E-state index in [0.717, 1.165) is 34.8 Å². The number of hydrogen-bond donors (Lipinski definition) is 1. The summed E-state index contributed by atoms with van der Waals surface area (Å²) in [7, 11) is 3.27. The number of nitrogens with one attached hydrogen (secondary N) is 1. The summed E-state index contributed by atoms with van der Waals surface area (Å²) >= 11 is 0. The van der Waals surface area contributed by atoms with E-state index in [9.17, 15) is 9.59 Å². The lowest BCUT2D eigenvalue weighted by atomic mass is 9.48. The third-order valence-electron chi connectivity index (χ3n) is 8.98. The SMILES string of the molecule is COC(=O)c1ccccc1N(C)c1ccc(C(=O)Nc2ccc(C34CC5CC(CC(C5)C3)C4)cc2)cc1. The fraction of sp³-hybridized carbons (Fsp3) is 0.375. The third-order valence-corrected chi connectivity index (χ3v) is 8.98. The number of ether oxygens (including phenoxy) is 1. The molecule has 4 fully saturated rings. The highest BCUT2D eigenvalue weighted by molar-refractivity contribution is 6.04. The molecule has 4 aliphatic rings. The van der Waals surface area contributed by atoms with Gasteiger partial charge in [-0.1, -0.05) is 24.3 Å². The molecule has 37 heavy (non-hydrogen) atoms. The van der Waals surface area contributed by atoms with Gasteiger partial charge in [-0.15, -0.1) is 0 Å². The third kappa shape index (κ3) is 4.41. The van der Waals surface area contributed by atoms with E-state index in [-0.39, 0.29) is 11.9 Å². The summed E-state index contributed by atoms with van der Waals surface area (Å²) < 4.78 is 4.92. The number of nitrogens with zero attached hydrogens (tertiary/aromatic N) is 1. The summed E-state index contributed by atoms with van der Waals surface area (Å²) in [6.45, 7) is 0. The Morgan fingerprint density at radius 3 is 2.03 bits per heavy atom. The fourth-order valence-electron chi connectivity index (χ4n) is 7.60. The van der Waals surface area contributed by atoms with E-state index in [1.54, 1.807) is 6.07 Å². The minimum Gasteiger partial charge on any atom is -0.465 e. The molecule has 4 aliphatic carbocycles. The van der Waals surface area contributed by atoms with Crippen LogP contribution in [-0.2, 0) is 10.2 Å². The molecule has 0 heterocycles. The highest BCUT2D eigenvalue weighted by atomic mass is 16.5. The number of para-hydroxylation sites is 1. The number of carbonyl (C=O) groups is 2. The molecule has 0 aliphatic heterocycles. The van der Waals surface area contributed by atoms with Crippen LogP contribution in [0.5, 0.6) is 0 Å². The fourth-order valence-corrected chi connectivity index (χ4v) is 7.60. The molecule has 3 aromatic rings. The monoisotopic (exact) mass is 494 g/mol. The lowest BCUT2D eigenvalue weighted by Gasteiger charge is -2.57. The van der Waals surface area contributed by atoms with Gasteiger partial charge >= 0.3 is 5.97 Å². The van der Waals surface area contributed by atoms with E-state index in [2.05, 4.69) is 29.6 Å². The zero-order chi connectivity index (χ0) is 25.6. The molecule has 0 aromatic heterocycles. The molecule has 0 saturated heterocycles. The van der Waals surface area contributed by atoms with E-state index >= 15 is 0 Å². The van der Waals surface area contributed by atoms with Gasteiger partial charge in [-0.05, 0) is 116 Å². The largest absolute Gasteiger partial charge is 0.465 e. The number of benzene rings is 3. The second kappa shape index (κ2) is 9.37. The number of carbonyl (C=O) groups excluding carboxylic acids is 2. The van der Waals surface area contributed by atoms with E-state index in [4.69, 9.17) is 4.74 Å². The summed E-state index contributed by atoms with van der Waals surface area (Å²) in [5, 5.41) is 3.06. The number of esters is 1. The predicted octanol–water partition coefficient (Wildman–Crippen LogP) is 6.96. The van der Waals surface area contributed by atoms with E-state index in [1.807, 2.05) is 54.4 Å². The van der Waals surface area contributed by atoms with Gasteiger partial charge in [0.2, 0.25) is 0 Å². The van der Waals surface area contributed by atoms with Crippen molar-refractivity contribution >= 4 is 28.9 Å². The van der Waals surface area contributed by atoms with Gasteiger partial charge in [0.15, 0.2) is 0 Å². The van der Waals surface area contributed by atoms with Crippen molar-refractivity contribution in [3.63, 3.8) is 0 Å². The van der Waals surface area contributed by atoms with Gasteiger partial charge in [-0.25, -0.2) is 4.79 Å². The summed E-state index contributed by atoms with van der Waals surface area (Å²) in [5.74, 6) is 2.24. The van der Waals surface area contributed by atoms with E-state index < -0.39 is 0 Å². The molecule has 0 unspecified atom stereocenters. The second-order valence-electron chi connectivity index (χ2n) is 11.3. The molecule has 0 spiro atoms. The van der Waals surface area contributed by atoms with Gasteiger partial charge in [-0.2, -0.15) is 0 Å². The van der Waals surface area contributed by atoms with Crippen molar-refractivity contribution in [3.05, 3.63) is 89.5 Å². The van der Waals surface area contributed by atoms with Crippen LogP contribution in [0.3, 0.4) is 0 Å². The van der Waals surface area contributed by atoms with Crippen molar-refractivity contribution in [2.75, 3.05) is 24.4 Å². The highest BCUT2D eigenvalue weighted by Crippen LogP contribution is 2.60. The topological polar surface area (TPSA) is 58.6 Å². The minimum absolute atomic E-state index is 0.133. The Hall–Kier alpha value is -3.60. The van der Waals surface area contributed by atoms with E-state index in [1.165, 1.54) is 51.2 Å². The van der Waals surface area contributed by atoms with Crippen molar-refractivity contribution in [1.82, 2.24) is 0 Å².